The van der Waals surface area contributed by atoms with Crippen LogP contribution in [0.25, 0.3) is 10.8 Å². The van der Waals surface area contributed by atoms with Crippen molar-refractivity contribution in [3.63, 3.8) is 0 Å². The van der Waals surface area contributed by atoms with Crippen molar-refractivity contribution in [3.8, 4) is 0 Å². The van der Waals surface area contributed by atoms with Crippen molar-refractivity contribution in [1.29, 1.82) is 0 Å². The predicted octanol–water partition coefficient (Wildman–Crippen LogP) is 2.91. The number of anilines is 2. The molecule has 1 fully saturated rings. The normalized spacial score (nSPS) is 22.3. The summed E-state index contributed by atoms with van der Waals surface area (Å²) in [5.74, 6) is -1.83. The maximum Gasteiger partial charge on any atom is 0.410 e. The van der Waals surface area contributed by atoms with Crippen LogP contribution in [0.3, 0.4) is 0 Å². The molecule has 3 amide bonds. The molecule has 0 spiro atoms. The molecular formula is C23H21F3N6O3. The average molecular weight is 486 g/mol. The van der Waals surface area contributed by atoms with Crippen LogP contribution >= 0.6 is 0 Å². The van der Waals surface area contributed by atoms with E-state index >= 15 is 0 Å². The molecule has 0 unspecified atom stereocenters. The molecule has 2 aliphatic heterocycles. The van der Waals surface area contributed by atoms with Gasteiger partial charge in [-0.2, -0.15) is 18.3 Å². The molecule has 5 rings (SSSR count). The van der Waals surface area contributed by atoms with E-state index in [1.807, 2.05) is 18.2 Å². The van der Waals surface area contributed by atoms with Gasteiger partial charge >= 0.3 is 6.18 Å². The van der Waals surface area contributed by atoms with Gasteiger partial charge in [0.15, 0.2) is 6.04 Å². The third-order valence-electron chi connectivity index (χ3n) is 6.19. The molecule has 2 aliphatic rings. The Balaban J connectivity index is 1.32. The largest absolute Gasteiger partial charge is 0.410 e. The first-order valence-corrected chi connectivity index (χ1v) is 11.0. The van der Waals surface area contributed by atoms with Gasteiger partial charge in [-0.1, -0.05) is 36.4 Å². The Kier molecular flexibility index (Phi) is 5.47. The second-order valence-electron chi connectivity index (χ2n) is 8.61. The van der Waals surface area contributed by atoms with Gasteiger partial charge in [-0.3, -0.25) is 19.8 Å². The molecule has 182 valence electrons. The summed E-state index contributed by atoms with van der Waals surface area (Å²) < 4.78 is 41.1. The first-order chi connectivity index (χ1) is 16.6. The quantitative estimate of drug-likeness (QED) is 0.387. The Morgan fingerprint density at radius 2 is 1.89 bits per heavy atom. The average Bonchev–Trinajstić information content (AvgIpc) is 3.36. The summed E-state index contributed by atoms with van der Waals surface area (Å²) in [6.45, 7) is 1.58. The zero-order valence-electron chi connectivity index (χ0n) is 18.5. The lowest BCUT2D eigenvalue weighted by Crippen LogP contribution is -2.48. The van der Waals surface area contributed by atoms with Crippen LogP contribution in [0.15, 0.2) is 48.7 Å². The molecular weight excluding hydrogens is 465 g/mol. The monoisotopic (exact) mass is 486 g/mol. The van der Waals surface area contributed by atoms with E-state index in [0.717, 1.165) is 26.6 Å². The number of halogens is 3. The maximum atomic E-state index is 13.4. The molecule has 0 saturated carbocycles. The van der Waals surface area contributed by atoms with Gasteiger partial charge in [-0.25, -0.2) is 15.0 Å². The van der Waals surface area contributed by atoms with Gasteiger partial charge < -0.3 is 5.32 Å². The number of nitrogens with one attached hydrogen (secondary N) is 3. The molecule has 1 saturated heterocycles. The van der Waals surface area contributed by atoms with E-state index in [9.17, 15) is 27.6 Å². The van der Waals surface area contributed by atoms with Gasteiger partial charge in [0.1, 0.15) is 17.4 Å². The smallest absolute Gasteiger partial charge is 0.367 e. The van der Waals surface area contributed by atoms with E-state index < -0.39 is 42.0 Å². The first-order valence-electron chi connectivity index (χ1n) is 11.0. The summed E-state index contributed by atoms with van der Waals surface area (Å²) in [6, 6.07) is 9.17. The fourth-order valence-corrected chi connectivity index (χ4v) is 4.53. The molecule has 9 nitrogen and oxygen atoms in total. The topological polar surface area (TPSA) is 108 Å². The van der Waals surface area contributed by atoms with Crippen molar-refractivity contribution in [2.75, 3.05) is 10.2 Å². The van der Waals surface area contributed by atoms with E-state index in [1.54, 1.807) is 31.2 Å². The number of hydrazine groups is 1. The third kappa shape index (κ3) is 3.99. The Morgan fingerprint density at radius 1 is 1.14 bits per heavy atom. The van der Waals surface area contributed by atoms with Crippen LogP contribution in [0.4, 0.5) is 24.7 Å². The van der Waals surface area contributed by atoms with E-state index in [1.165, 1.54) is 0 Å². The maximum absolute atomic E-state index is 13.4. The van der Waals surface area contributed by atoms with E-state index in [4.69, 9.17) is 0 Å². The molecule has 3 heterocycles. The number of benzene rings is 2. The Hall–Kier alpha value is -3.93. The fourth-order valence-electron chi connectivity index (χ4n) is 4.53. The van der Waals surface area contributed by atoms with Crippen LogP contribution in [0.1, 0.15) is 36.2 Å². The number of imide groups is 1. The molecule has 0 bridgehead atoms. The van der Waals surface area contributed by atoms with E-state index in [2.05, 4.69) is 21.3 Å². The molecule has 2 aromatic carbocycles. The lowest BCUT2D eigenvalue weighted by Gasteiger charge is -2.32. The number of amides is 3. The molecule has 0 radical (unpaired) electrons. The Morgan fingerprint density at radius 3 is 2.66 bits per heavy atom. The highest BCUT2D eigenvalue weighted by molar-refractivity contribution is 6.25. The molecule has 0 aliphatic carbocycles. The number of hydrogen-bond acceptors (Lipinski definition) is 6. The van der Waals surface area contributed by atoms with Crippen LogP contribution in [0.5, 0.6) is 0 Å². The molecule has 1 aromatic heterocycles. The van der Waals surface area contributed by atoms with Crippen molar-refractivity contribution in [2.24, 2.45) is 0 Å². The number of alkyl halides is 3. The SMILES string of the molecule is C[C@@H]1C[C@H](C(F)(F)F)n2ncc(C(=O)NN[C@H]3CC(=O)N(c4cccc5ccccc45)C3=O)c2N1. The number of carbonyl (C=O) groups excluding carboxylic acids is 3. The highest BCUT2D eigenvalue weighted by Gasteiger charge is 2.46. The summed E-state index contributed by atoms with van der Waals surface area (Å²) in [6.07, 6.45) is -3.90. The van der Waals surface area contributed by atoms with Crippen molar-refractivity contribution < 1.29 is 27.6 Å². The highest BCUT2D eigenvalue weighted by Crippen LogP contribution is 2.40. The molecule has 3 aromatic rings. The fraction of sp³-hybridized carbons (Fsp3) is 0.304. The predicted molar refractivity (Wildman–Crippen MR) is 120 cm³/mol. The molecule has 35 heavy (non-hydrogen) atoms. The number of hydrogen-bond donors (Lipinski definition) is 3. The first kappa shape index (κ1) is 22.8. The van der Waals surface area contributed by atoms with Gasteiger partial charge in [-0.05, 0) is 24.8 Å². The number of nitrogens with zero attached hydrogens (tertiary/aromatic N) is 3. The van der Waals surface area contributed by atoms with Crippen LogP contribution in [0.2, 0.25) is 0 Å². The van der Waals surface area contributed by atoms with Crippen molar-refractivity contribution in [1.82, 2.24) is 20.6 Å². The van der Waals surface area contributed by atoms with Gasteiger partial charge in [0.2, 0.25) is 5.91 Å². The number of carbonyl (C=O) groups is 3. The van der Waals surface area contributed by atoms with Gasteiger partial charge in [0.05, 0.1) is 18.3 Å². The lowest BCUT2D eigenvalue weighted by molar-refractivity contribution is -0.173. The minimum absolute atomic E-state index is 0.0587. The second kappa shape index (κ2) is 8.38. The minimum Gasteiger partial charge on any atom is -0.367 e. The van der Waals surface area contributed by atoms with Crippen LogP contribution in [-0.2, 0) is 9.59 Å². The van der Waals surface area contributed by atoms with E-state index in [0.29, 0.717) is 5.69 Å². The van der Waals surface area contributed by atoms with Crippen LogP contribution in [0, 0.1) is 0 Å². The summed E-state index contributed by atoms with van der Waals surface area (Å²) in [7, 11) is 0. The second-order valence-corrected chi connectivity index (χ2v) is 8.61. The summed E-state index contributed by atoms with van der Waals surface area (Å²) in [5.41, 5.74) is 5.23. The third-order valence-corrected chi connectivity index (χ3v) is 6.19. The van der Waals surface area contributed by atoms with Crippen molar-refractivity contribution in [3.05, 3.63) is 54.2 Å². The summed E-state index contributed by atoms with van der Waals surface area (Å²) in [5, 5.41) is 8.22. The lowest BCUT2D eigenvalue weighted by atomic mass is 10.1. The summed E-state index contributed by atoms with van der Waals surface area (Å²) in [4.78, 5) is 39.5. The van der Waals surface area contributed by atoms with Crippen molar-refractivity contribution >= 4 is 40.0 Å². The van der Waals surface area contributed by atoms with Crippen LogP contribution < -0.4 is 21.1 Å². The van der Waals surface area contributed by atoms with Gasteiger partial charge in [0, 0.05) is 11.4 Å². The Labute approximate surface area is 197 Å². The Bertz CT molecular complexity index is 1330. The summed E-state index contributed by atoms with van der Waals surface area (Å²) >= 11 is 0. The van der Waals surface area contributed by atoms with Gasteiger partial charge in [-0.15, -0.1) is 0 Å². The number of fused-ring (bicyclic) bond motifs is 2. The number of rotatable bonds is 4. The van der Waals surface area contributed by atoms with Gasteiger partial charge in [0.25, 0.3) is 11.8 Å². The van der Waals surface area contributed by atoms with Crippen molar-refractivity contribution in [2.45, 2.75) is 44.1 Å². The zero-order chi connectivity index (χ0) is 24.9. The number of aromatic nitrogens is 2. The zero-order valence-corrected chi connectivity index (χ0v) is 18.5. The molecule has 3 N–H and O–H groups in total. The standard InChI is InChI=1S/C23H21F3N6O3/c1-12-9-18(23(24,25)26)32-20(28-12)15(11-27-32)21(34)30-29-16-10-19(33)31(22(16)35)17-8-4-6-13-5-2-3-7-14(13)17/h2-8,11-12,16,18,28-29H,9-10H2,1H3,(H,30,34)/t12-,16+,18-/m1/s1. The molecule has 12 heteroatoms. The van der Waals surface area contributed by atoms with Crippen LogP contribution in [-0.4, -0.2) is 45.8 Å². The minimum atomic E-state index is -4.52. The molecule has 3 atom stereocenters. The highest BCUT2D eigenvalue weighted by atomic mass is 19.4. The van der Waals surface area contributed by atoms with E-state index in [-0.39, 0.29) is 24.2 Å².